The molecule has 1 fully saturated rings. The van der Waals surface area contributed by atoms with Crippen LogP contribution in [0.2, 0.25) is 5.02 Å². The maximum absolute atomic E-state index is 11.9. The number of carbonyl (C=O) groups excluding carboxylic acids is 1. The minimum Gasteiger partial charge on any atom is -0.462 e. The normalized spacial score (nSPS) is 17.0. The lowest BCUT2D eigenvalue weighted by molar-refractivity contribution is 0.0526. The molecule has 166 valence electrons. The number of nitrogens with zero attached hydrogens (tertiary/aromatic N) is 1. The molecule has 0 unspecified atom stereocenters. The van der Waals surface area contributed by atoms with Crippen LogP contribution in [0.5, 0.6) is 0 Å². The van der Waals surface area contributed by atoms with E-state index in [0.717, 1.165) is 24.6 Å². The molecule has 0 bridgehead atoms. The number of halogens is 1. The van der Waals surface area contributed by atoms with Crippen LogP contribution < -0.4 is 15.5 Å². The molecule has 1 aliphatic rings. The second-order valence-electron chi connectivity index (χ2n) is 8.02. The highest BCUT2D eigenvalue weighted by Gasteiger charge is 2.17. The molecule has 0 saturated carbocycles. The van der Waals surface area contributed by atoms with Gasteiger partial charge in [-0.2, -0.15) is 0 Å². The Morgan fingerprint density at radius 2 is 2.03 bits per heavy atom. The van der Waals surface area contributed by atoms with Crippen LogP contribution in [0, 0.1) is 5.92 Å². The van der Waals surface area contributed by atoms with E-state index in [1.807, 2.05) is 0 Å². The molecule has 2 atom stereocenters. The molecule has 1 heterocycles. The fourth-order valence-electron chi connectivity index (χ4n) is 3.81. The molecule has 5 nitrogen and oxygen atoms in total. The number of ether oxygens (including phenoxy) is 1. The van der Waals surface area contributed by atoms with E-state index in [4.69, 9.17) is 28.6 Å². The van der Waals surface area contributed by atoms with E-state index < -0.39 is 5.97 Å². The fraction of sp³-hybridized carbons (Fsp3) is 0.417. The second-order valence-corrected chi connectivity index (χ2v) is 8.84. The van der Waals surface area contributed by atoms with Crippen molar-refractivity contribution < 1.29 is 9.53 Å². The minimum atomic E-state index is -0.434. The first-order valence-electron chi connectivity index (χ1n) is 10.8. The minimum absolute atomic E-state index is 0.0450. The Balaban J connectivity index is 1.56. The van der Waals surface area contributed by atoms with Gasteiger partial charge in [0.25, 0.3) is 0 Å². The van der Waals surface area contributed by atoms with Crippen LogP contribution in [-0.4, -0.2) is 30.8 Å². The summed E-state index contributed by atoms with van der Waals surface area (Å²) in [6.45, 7) is 8.70. The molecule has 0 aromatic heterocycles. The van der Waals surface area contributed by atoms with Crippen LogP contribution in [0.1, 0.15) is 55.6 Å². The Morgan fingerprint density at radius 3 is 2.68 bits per heavy atom. The molecule has 2 aromatic carbocycles. The van der Waals surface area contributed by atoms with Crippen LogP contribution in [0.4, 0.5) is 11.4 Å². The van der Waals surface area contributed by atoms with E-state index in [0.29, 0.717) is 28.0 Å². The van der Waals surface area contributed by atoms with Gasteiger partial charge in [-0.3, -0.25) is 0 Å². The first kappa shape index (κ1) is 23.4. The van der Waals surface area contributed by atoms with Gasteiger partial charge in [0.2, 0.25) is 0 Å². The maximum atomic E-state index is 11.9. The summed E-state index contributed by atoms with van der Waals surface area (Å²) >= 11 is 11.7. The van der Waals surface area contributed by atoms with Gasteiger partial charge in [-0.05, 0) is 80.7 Å². The third-order valence-corrected chi connectivity index (χ3v) is 6.02. The van der Waals surface area contributed by atoms with Crippen LogP contribution in [0.3, 0.4) is 0 Å². The Kier molecular flexibility index (Phi) is 8.15. The quantitative estimate of drug-likeness (QED) is 0.420. The Hall–Kier alpha value is -2.31. The molecule has 7 heteroatoms. The van der Waals surface area contributed by atoms with Gasteiger partial charge < -0.3 is 20.3 Å². The van der Waals surface area contributed by atoms with Crippen LogP contribution in [0.25, 0.3) is 0 Å². The standard InChI is InChI=1S/C24H30ClN3O2S/c1-4-30-23(29)21-12-9-19(14-22(21)25)27-24(31)26-17(3)18-7-10-20(11-8-18)28-13-5-6-16(2)15-28/h7-12,14,16-17H,4-6,13,15H2,1-3H3,(H2,26,27,31)/t16-,17+/m0/s1. The zero-order valence-electron chi connectivity index (χ0n) is 18.3. The predicted molar refractivity (Wildman–Crippen MR) is 132 cm³/mol. The lowest BCUT2D eigenvalue weighted by atomic mass is 9.99. The first-order chi connectivity index (χ1) is 14.9. The van der Waals surface area contributed by atoms with Crippen LogP contribution in [0.15, 0.2) is 42.5 Å². The number of thiocarbonyl (C=S) groups is 1. The molecule has 0 radical (unpaired) electrons. The number of hydrogen-bond donors (Lipinski definition) is 2. The summed E-state index contributed by atoms with van der Waals surface area (Å²) in [5.41, 5.74) is 3.48. The Morgan fingerprint density at radius 1 is 1.29 bits per heavy atom. The van der Waals surface area contributed by atoms with Crippen molar-refractivity contribution in [2.75, 3.05) is 29.9 Å². The SMILES string of the molecule is CCOC(=O)c1ccc(NC(=S)N[C@H](C)c2ccc(N3CCC[C@H](C)C3)cc2)cc1Cl. The number of piperidine rings is 1. The molecule has 0 spiro atoms. The molecular weight excluding hydrogens is 430 g/mol. The van der Waals surface area contributed by atoms with Gasteiger partial charge in [-0.25, -0.2) is 4.79 Å². The van der Waals surface area contributed by atoms with Gasteiger partial charge in [-0.15, -0.1) is 0 Å². The number of nitrogens with one attached hydrogen (secondary N) is 2. The summed E-state index contributed by atoms with van der Waals surface area (Å²) in [6.07, 6.45) is 2.57. The van der Waals surface area contributed by atoms with Crippen molar-refractivity contribution in [3.05, 3.63) is 58.6 Å². The molecule has 3 rings (SSSR count). The van der Waals surface area contributed by atoms with E-state index in [1.165, 1.54) is 18.5 Å². The average molecular weight is 460 g/mol. The third-order valence-electron chi connectivity index (χ3n) is 5.49. The highest BCUT2D eigenvalue weighted by molar-refractivity contribution is 7.80. The number of anilines is 2. The molecule has 1 aliphatic heterocycles. The number of esters is 1. The monoisotopic (exact) mass is 459 g/mol. The lowest BCUT2D eigenvalue weighted by Gasteiger charge is -2.33. The van der Waals surface area contributed by atoms with Gasteiger partial charge in [0.1, 0.15) is 0 Å². The maximum Gasteiger partial charge on any atom is 0.339 e. The van der Waals surface area contributed by atoms with E-state index in [1.54, 1.807) is 25.1 Å². The van der Waals surface area contributed by atoms with Crippen LogP contribution >= 0.6 is 23.8 Å². The van der Waals surface area contributed by atoms with E-state index in [-0.39, 0.29) is 6.04 Å². The van der Waals surface area contributed by atoms with E-state index in [9.17, 15) is 4.79 Å². The molecule has 2 N–H and O–H groups in total. The highest BCUT2D eigenvalue weighted by atomic mass is 35.5. The second kappa shape index (κ2) is 10.8. The number of benzene rings is 2. The summed E-state index contributed by atoms with van der Waals surface area (Å²) in [6, 6.07) is 13.8. The van der Waals surface area contributed by atoms with Crippen molar-refractivity contribution in [2.45, 2.75) is 39.7 Å². The van der Waals surface area contributed by atoms with Gasteiger partial charge in [0.05, 0.1) is 23.2 Å². The van der Waals surface area contributed by atoms with E-state index in [2.05, 4.69) is 53.6 Å². The van der Waals surface area contributed by atoms with Gasteiger partial charge in [0.15, 0.2) is 5.11 Å². The summed E-state index contributed by atoms with van der Waals surface area (Å²) in [5, 5.41) is 7.23. The summed E-state index contributed by atoms with van der Waals surface area (Å²) in [7, 11) is 0. The van der Waals surface area contributed by atoms with Crippen molar-refractivity contribution in [1.29, 1.82) is 0 Å². The molecule has 1 saturated heterocycles. The van der Waals surface area contributed by atoms with Crippen molar-refractivity contribution in [3.8, 4) is 0 Å². The number of rotatable bonds is 6. The third kappa shape index (κ3) is 6.34. The summed E-state index contributed by atoms with van der Waals surface area (Å²) in [5.74, 6) is 0.313. The van der Waals surface area contributed by atoms with Crippen LogP contribution in [-0.2, 0) is 4.74 Å². The number of carbonyl (C=O) groups is 1. The van der Waals surface area contributed by atoms with Gasteiger partial charge in [0, 0.05) is 24.5 Å². The molecule has 0 aliphatic carbocycles. The van der Waals surface area contributed by atoms with Crippen molar-refractivity contribution >= 4 is 46.3 Å². The van der Waals surface area contributed by atoms with Crippen molar-refractivity contribution in [3.63, 3.8) is 0 Å². The molecule has 31 heavy (non-hydrogen) atoms. The summed E-state index contributed by atoms with van der Waals surface area (Å²) < 4.78 is 5.00. The van der Waals surface area contributed by atoms with Crippen molar-refractivity contribution in [1.82, 2.24) is 5.32 Å². The Labute approximate surface area is 195 Å². The largest absolute Gasteiger partial charge is 0.462 e. The number of hydrogen-bond acceptors (Lipinski definition) is 4. The Bertz CT molecular complexity index is 920. The highest BCUT2D eigenvalue weighted by Crippen LogP contribution is 2.25. The zero-order chi connectivity index (χ0) is 22.4. The molecule has 0 amide bonds. The predicted octanol–water partition coefficient (Wildman–Crippen LogP) is 5.80. The summed E-state index contributed by atoms with van der Waals surface area (Å²) in [4.78, 5) is 14.3. The zero-order valence-corrected chi connectivity index (χ0v) is 19.9. The average Bonchev–Trinajstić information content (AvgIpc) is 2.74. The van der Waals surface area contributed by atoms with Gasteiger partial charge in [-0.1, -0.05) is 30.7 Å². The van der Waals surface area contributed by atoms with Gasteiger partial charge >= 0.3 is 5.97 Å². The lowest BCUT2D eigenvalue weighted by Crippen LogP contribution is -2.34. The topological polar surface area (TPSA) is 53.6 Å². The molecule has 2 aromatic rings. The molecular formula is C24H30ClN3O2S. The smallest absolute Gasteiger partial charge is 0.339 e. The van der Waals surface area contributed by atoms with Crippen molar-refractivity contribution in [2.24, 2.45) is 5.92 Å². The first-order valence-corrected chi connectivity index (χ1v) is 11.5. The van der Waals surface area contributed by atoms with E-state index >= 15 is 0 Å². The fourth-order valence-corrected chi connectivity index (χ4v) is 4.36.